The van der Waals surface area contributed by atoms with Crippen LogP contribution in [0.15, 0.2) is 17.0 Å². The lowest BCUT2D eigenvalue weighted by Crippen LogP contribution is -2.47. The first-order valence-electron chi connectivity index (χ1n) is 5.45. The minimum Gasteiger partial charge on any atom is -0.496 e. The zero-order valence-electron chi connectivity index (χ0n) is 10.2. The summed E-state index contributed by atoms with van der Waals surface area (Å²) in [6, 6.07) is 3.45. The molecule has 0 radical (unpaired) electrons. The number of benzene rings is 1. The van der Waals surface area contributed by atoms with Crippen LogP contribution in [0.4, 0.5) is 0 Å². The third-order valence-electron chi connectivity index (χ3n) is 3.09. The number of hydrogen-bond donors (Lipinski definition) is 2. The van der Waals surface area contributed by atoms with Crippen LogP contribution in [0.3, 0.4) is 0 Å². The summed E-state index contributed by atoms with van der Waals surface area (Å²) < 4.78 is 10.5. The Labute approximate surface area is 109 Å². The van der Waals surface area contributed by atoms with E-state index in [4.69, 9.17) is 15.2 Å². The van der Waals surface area contributed by atoms with Gasteiger partial charge in [-0.15, -0.1) is 11.8 Å². The van der Waals surface area contributed by atoms with Crippen LogP contribution in [0.5, 0.6) is 11.5 Å². The third kappa shape index (κ3) is 1.81. The monoisotopic (exact) mass is 269 g/mol. The zero-order chi connectivity index (χ0) is 13.3. The SMILES string of the molecule is COc1ccc(OC)c2c1SCCC2(N)C(=O)O. The minimum atomic E-state index is -1.42. The molecule has 1 atom stereocenters. The Balaban J connectivity index is 2.71. The summed E-state index contributed by atoms with van der Waals surface area (Å²) in [4.78, 5) is 12.2. The molecule has 3 N–H and O–H groups in total. The van der Waals surface area contributed by atoms with Gasteiger partial charge in [-0.3, -0.25) is 0 Å². The number of thioether (sulfide) groups is 1. The van der Waals surface area contributed by atoms with Crippen molar-refractivity contribution in [3.63, 3.8) is 0 Å². The van der Waals surface area contributed by atoms with E-state index in [0.717, 1.165) is 4.90 Å². The fourth-order valence-electron chi connectivity index (χ4n) is 2.10. The van der Waals surface area contributed by atoms with Crippen LogP contribution in [0.2, 0.25) is 0 Å². The van der Waals surface area contributed by atoms with Gasteiger partial charge < -0.3 is 20.3 Å². The molecule has 0 spiro atoms. The molecule has 1 aliphatic rings. The molecule has 0 fully saturated rings. The van der Waals surface area contributed by atoms with Gasteiger partial charge in [0.25, 0.3) is 0 Å². The van der Waals surface area contributed by atoms with Crippen LogP contribution in [0, 0.1) is 0 Å². The minimum absolute atomic E-state index is 0.365. The summed E-state index contributed by atoms with van der Waals surface area (Å²) in [6.07, 6.45) is 0.365. The van der Waals surface area contributed by atoms with Gasteiger partial charge in [-0.2, -0.15) is 0 Å². The number of carboxylic acids is 1. The molecular formula is C12H15NO4S. The molecule has 0 bridgehead atoms. The normalized spacial score (nSPS) is 22.2. The zero-order valence-corrected chi connectivity index (χ0v) is 11.0. The first-order chi connectivity index (χ1) is 8.54. The summed E-state index contributed by atoms with van der Waals surface area (Å²) >= 11 is 1.54. The number of carbonyl (C=O) groups is 1. The summed E-state index contributed by atoms with van der Waals surface area (Å²) in [6.45, 7) is 0. The largest absolute Gasteiger partial charge is 0.496 e. The van der Waals surface area contributed by atoms with E-state index >= 15 is 0 Å². The van der Waals surface area contributed by atoms with Crippen molar-refractivity contribution < 1.29 is 19.4 Å². The first kappa shape index (κ1) is 13.0. The highest BCUT2D eigenvalue weighted by Gasteiger charge is 2.44. The number of ether oxygens (including phenoxy) is 2. The Morgan fingerprint density at radius 2 is 2.00 bits per heavy atom. The van der Waals surface area contributed by atoms with Crippen LogP contribution in [-0.4, -0.2) is 31.0 Å². The molecule has 6 heteroatoms. The van der Waals surface area contributed by atoms with Crippen LogP contribution >= 0.6 is 11.8 Å². The highest BCUT2D eigenvalue weighted by molar-refractivity contribution is 7.99. The smallest absolute Gasteiger partial charge is 0.328 e. The second-order valence-electron chi connectivity index (χ2n) is 4.05. The second kappa shape index (κ2) is 4.70. The Hall–Kier alpha value is -1.40. The molecule has 1 aromatic carbocycles. The van der Waals surface area contributed by atoms with Crippen molar-refractivity contribution in [2.24, 2.45) is 5.73 Å². The molecule has 5 nitrogen and oxygen atoms in total. The van der Waals surface area contributed by atoms with Crippen LogP contribution in [-0.2, 0) is 10.3 Å². The topological polar surface area (TPSA) is 81.8 Å². The lowest BCUT2D eigenvalue weighted by atomic mass is 9.87. The number of methoxy groups -OCH3 is 2. The van der Waals surface area contributed by atoms with Crippen molar-refractivity contribution in [2.75, 3.05) is 20.0 Å². The molecule has 1 aromatic rings. The molecule has 18 heavy (non-hydrogen) atoms. The molecule has 2 rings (SSSR count). The van der Waals surface area contributed by atoms with Gasteiger partial charge in [0, 0.05) is 11.3 Å². The van der Waals surface area contributed by atoms with E-state index < -0.39 is 11.5 Å². The molecule has 1 heterocycles. The molecule has 1 unspecified atom stereocenters. The lowest BCUT2D eigenvalue weighted by Gasteiger charge is -2.33. The van der Waals surface area contributed by atoms with E-state index in [0.29, 0.717) is 29.2 Å². The first-order valence-corrected chi connectivity index (χ1v) is 6.43. The van der Waals surface area contributed by atoms with Gasteiger partial charge in [-0.05, 0) is 18.6 Å². The predicted molar refractivity (Wildman–Crippen MR) is 68.4 cm³/mol. The van der Waals surface area contributed by atoms with Gasteiger partial charge in [0.2, 0.25) is 0 Å². The van der Waals surface area contributed by atoms with Gasteiger partial charge in [0.1, 0.15) is 17.0 Å². The number of fused-ring (bicyclic) bond motifs is 1. The lowest BCUT2D eigenvalue weighted by molar-refractivity contribution is -0.144. The van der Waals surface area contributed by atoms with Crippen molar-refractivity contribution in [3.05, 3.63) is 17.7 Å². The molecule has 0 amide bonds. The Kier molecular flexibility index (Phi) is 3.41. The Morgan fingerprint density at radius 1 is 1.39 bits per heavy atom. The Morgan fingerprint density at radius 3 is 2.56 bits per heavy atom. The molecule has 1 aliphatic heterocycles. The highest BCUT2D eigenvalue weighted by Crippen LogP contribution is 2.48. The van der Waals surface area contributed by atoms with E-state index in [-0.39, 0.29) is 0 Å². The van der Waals surface area contributed by atoms with Crippen molar-refractivity contribution in [1.82, 2.24) is 0 Å². The number of carboxylic acid groups (broad SMARTS) is 1. The predicted octanol–water partition coefficient (Wildman–Crippen LogP) is 1.44. The maximum absolute atomic E-state index is 11.5. The van der Waals surface area contributed by atoms with Crippen molar-refractivity contribution in [1.29, 1.82) is 0 Å². The van der Waals surface area contributed by atoms with E-state index in [1.807, 2.05) is 0 Å². The standard InChI is InChI=1S/C12H15NO4S/c1-16-7-3-4-8(17-2)10-9(7)12(13,11(14)15)5-6-18-10/h3-4H,5-6,13H2,1-2H3,(H,14,15). The highest BCUT2D eigenvalue weighted by atomic mass is 32.2. The van der Waals surface area contributed by atoms with Gasteiger partial charge in [0.15, 0.2) is 0 Å². The number of rotatable bonds is 3. The fourth-order valence-corrected chi connectivity index (χ4v) is 3.44. The Bertz CT molecular complexity index is 491. The molecule has 0 saturated heterocycles. The summed E-state index contributed by atoms with van der Waals surface area (Å²) in [5.41, 5.74) is 5.16. The van der Waals surface area contributed by atoms with Gasteiger partial charge in [-0.1, -0.05) is 0 Å². The average Bonchev–Trinajstić information content (AvgIpc) is 2.37. The fraction of sp³-hybridized carbons (Fsp3) is 0.417. The number of nitrogens with two attached hydrogens (primary N) is 1. The maximum Gasteiger partial charge on any atom is 0.328 e. The van der Waals surface area contributed by atoms with E-state index in [9.17, 15) is 9.90 Å². The molecule has 98 valence electrons. The molecule has 0 aromatic heterocycles. The van der Waals surface area contributed by atoms with Crippen molar-refractivity contribution >= 4 is 17.7 Å². The number of aliphatic carboxylic acids is 1. The van der Waals surface area contributed by atoms with Gasteiger partial charge >= 0.3 is 5.97 Å². The van der Waals surface area contributed by atoms with E-state index in [1.165, 1.54) is 7.11 Å². The van der Waals surface area contributed by atoms with Crippen molar-refractivity contribution in [2.45, 2.75) is 16.9 Å². The second-order valence-corrected chi connectivity index (χ2v) is 5.15. The van der Waals surface area contributed by atoms with E-state index in [2.05, 4.69) is 0 Å². The van der Waals surface area contributed by atoms with Crippen molar-refractivity contribution in [3.8, 4) is 11.5 Å². The van der Waals surface area contributed by atoms with Crippen LogP contribution in [0.25, 0.3) is 0 Å². The summed E-state index contributed by atoms with van der Waals surface area (Å²) in [5, 5.41) is 9.40. The molecule has 0 aliphatic carbocycles. The third-order valence-corrected chi connectivity index (χ3v) is 4.20. The van der Waals surface area contributed by atoms with E-state index in [1.54, 1.807) is 31.0 Å². The number of hydrogen-bond acceptors (Lipinski definition) is 5. The average molecular weight is 269 g/mol. The summed E-state index contributed by atoms with van der Waals surface area (Å²) in [5.74, 6) is 0.712. The van der Waals surface area contributed by atoms with Crippen LogP contribution < -0.4 is 15.2 Å². The quantitative estimate of drug-likeness (QED) is 0.864. The molecular weight excluding hydrogens is 254 g/mol. The summed E-state index contributed by atoms with van der Waals surface area (Å²) in [7, 11) is 3.06. The van der Waals surface area contributed by atoms with Gasteiger partial charge in [-0.25, -0.2) is 4.79 Å². The maximum atomic E-state index is 11.5. The van der Waals surface area contributed by atoms with Crippen LogP contribution in [0.1, 0.15) is 12.0 Å². The van der Waals surface area contributed by atoms with Gasteiger partial charge in [0.05, 0.1) is 19.1 Å². The molecule has 0 saturated carbocycles.